The van der Waals surface area contributed by atoms with E-state index in [1.165, 1.54) is 0 Å². The van der Waals surface area contributed by atoms with Crippen LogP contribution in [0.15, 0.2) is 60.7 Å². The molecule has 0 saturated heterocycles. The maximum atomic E-state index is 13.3. The molecule has 0 aliphatic heterocycles. The number of carboxylic acids is 1. The van der Waals surface area contributed by atoms with E-state index in [0.717, 1.165) is 16.0 Å². The minimum absolute atomic E-state index is 0.0445. The molecule has 10 nitrogen and oxygen atoms in total. The molecule has 2 aromatic carbocycles. The molecule has 0 spiro atoms. The highest BCUT2D eigenvalue weighted by molar-refractivity contribution is 5.88. The van der Waals surface area contributed by atoms with Crippen molar-refractivity contribution in [1.29, 1.82) is 0 Å². The Morgan fingerprint density at radius 1 is 0.917 bits per heavy atom. The highest BCUT2D eigenvalue weighted by Crippen LogP contribution is 2.10. The van der Waals surface area contributed by atoms with Crippen molar-refractivity contribution >= 4 is 24.1 Å². The Balaban J connectivity index is 2.03. The molecule has 0 heterocycles. The molecular weight excluding hydrogens is 466 g/mol. The lowest BCUT2D eigenvalue weighted by atomic mass is 10.0. The highest BCUT2D eigenvalue weighted by Gasteiger charge is 2.29. The second kappa shape index (κ2) is 13.7. The third-order valence-corrected chi connectivity index (χ3v) is 4.77. The monoisotopic (exact) mass is 499 g/mol. The summed E-state index contributed by atoms with van der Waals surface area (Å²) in [4.78, 5) is 50.2. The van der Waals surface area contributed by atoms with Crippen molar-refractivity contribution in [2.24, 2.45) is 0 Å². The zero-order chi connectivity index (χ0) is 26.6. The number of hydrogen-bond donors (Lipinski definition) is 3. The summed E-state index contributed by atoms with van der Waals surface area (Å²) in [5.74, 6) is -1.85. The smallest absolute Gasteiger partial charge is 0.408 e. The minimum Gasteiger partial charge on any atom is -0.480 e. The number of ether oxygens (including phenoxy) is 2. The van der Waals surface area contributed by atoms with E-state index in [1.54, 1.807) is 45.0 Å². The van der Waals surface area contributed by atoms with Crippen LogP contribution in [0.1, 0.15) is 31.9 Å². The Labute approximate surface area is 210 Å². The largest absolute Gasteiger partial charge is 0.480 e. The molecule has 0 fully saturated rings. The summed E-state index contributed by atoms with van der Waals surface area (Å²) in [6, 6.07) is 17.0. The molecule has 0 radical (unpaired) electrons. The van der Waals surface area contributed by atoms with Crippen LogP contribution < -0.4 is 10.6 Å². The standard InChI is InChI=1S/C26H33N3O7/c1-26(2,3)36-25(34)28-21(16-19-10-6-4-7-11-19)23(32)29(17-22(30)31)15-14-27-24(33)35-18-20-12-8-5-9-13-20/h4-13,21H,14-18H2,1-3H3,(H,27,33)(H,28,34)(H,30,31)/t21-/m0/s1. The fourth-order valence-electron chi connectivity index (χ4n) is 3.22. The quantitative estimate of drug-likeness (QED) is 0.433. The SMILES string of the molecule is CC(C)(C)OC(=O)N[C@@H](Cc1ccccc1)C(=O)N(CCNC(=O)OCc1ccccc1)CC(=O)O. The molecule has 3 N–H and O–H groups in total. The third-order valence-electron chi connectivity index (χ3n) is 4.77. The Morgan fingerprint density at radius 2 is 1.50 bits per heavy atom. The molecule has 0 aromatic heterocycles. The summed E-state index contributed by atoms with van der Waals surface area (Å²) in [6.07, 6.45) is -1.37. The van der Waals surface area contributed by atoms with Crippen LogP contribution in [0.5, 0.6) is 0 Å². The average molecular weight is 500 g/mol. The van der Waals surface area contributed by atoms with Gasteiger partial charge in [0.05, 0.1) is 0 Å². The highest BCUT2D eigenvalue weighted by atomic mass is 16.6. The normalized spacial score (nSPS) is 11.6. The predicted octanol–water partition coefficient (Wildman–Crippen LogP) is 2.96. The molecule has 36 heavy (non-hydrogen) atoms. The van der Waals surface area contributed by atoms with Crippen molar-refractivity contribution in [3.63, 3.8) is 0 Å². The summed E-state index contributed by atoms with van der Waals surface area (Å²) in [5, 5.41) is 14.4. The Kier molecular flexibility index (Phi) is 10.7. The van der Waals surface area contributed by atoms with Gasteiger partial charge in [0.25, 0.3) is 0 Å². The van der Waals surface area contributed by atoms with Gasteiger partial charge in [-0.2, -0.15) is 0 Å². The summed E-state index contributed by atoms with van der Waals surface area (Å²) in [5.41, 5.74) is 0.798. The number of hydrogen-bond acceptors (Lipinski definition) is 6. The molecule has 10 heteroatoms. The molecule has 1 atom stereocenters. The van der Waals surface area contributed by atoms with Gasteiger partial charge in [0.15, 0.2) is 0 Å². The van der Waals surface area contributed by atoms with Gasteiger partial charge in [-0.15, -0.1) is 0 Å². The summed E-state index contributed by atoms with van der Waals surface area (Å²) >= 11 is 0. The molecule has 0 bridgehead atoms. The van der Waals surface area contributed by atoms with E-state index < -0.39 is 42.3 Å². The maximum Gasteiger partial charge on any atom is 0.408 e. The molecular formula is C26H33N3O7. The van der Waals surface area contributed by atoms with E-state index in [4.69, 9.17) is 9.47 Å². The number of carbonyl (C=O) groups excluding carboxylic acids is 3. The van der Waals surface area contributed by atoms with Gasteiger partial charge in [0, 0.05) is 19.5 Å². The number of alkyl carbamates (subject to hydrolysis) is 2. The van der Waals surface area contributed by atoms with Gasteiger partial charge < -0.3 is 30.1 Å². The van der Waals surface area contributed by atoms with Crippen LogP contribution in [0.4, 0.5) is 9.59 Å². The molecule has 2 rings (SSSR count). The molecule has 0 aliphatic carbocycles. The topological polar surface area (TPSA) is 134 Å². The van der Waals surface area contributed by atoms with E-state index >= 15 is 0 Å². The fraction of sp³-hybridized carbons (Fsp3) is 0.385. The summed E-state index contributed by atoms with van der Waals surface area (Å²) < 4.78 is 10.4. The van der Waals surface area contributed by atoms with Gasteiger partial charge in [0.2, 0.25) is 5.91 Å². The number of benzene rings is 2. The first kappa shape index (κ1) is 28.2. The second-order valence-electron chi connectivity index (χ2n) is 9.03. The lowest BCUT2D eigenvalue weighted by molar-refractivity contribution is -0.145. The third kappa shape index (κ3) is 10.9. The molecule has 2 aromatic rings. The molecule has 194 valence electrons. The fourth-order valence-corrected chi connectivity index (χ4v) is 3.22. The van der Waals surface area contributed by atoms with Crippen molar-refractivity contribution in [2.75, 3.05) is 19.6 Å². The summed E-state index contributed by atoms with van der Waals surface area (Å²) in [7, 11) is 0. The van der Waals surface area contributed by atoms with Crippen LogP contribution in [0.25, 0.3) is 0 Å². The van der Waals surface area contributed by atoms with E-state index in [0.29, 0.717) is 0 Å². The van der Waals surface area contributed by atoms with Crippen LogP contribution in [-0.4, -0.2) is 65.3 Å². The lowest BCUT2D eigenvalue weighted by Gasteiger charge is -2.28. The summed E-state index contributed by atoms with van der Waals surface area (Å²) in [6.45, 7) is 4.40. The van der Waals surface area contributed by atoms with Gasteiger partial charge in [-0.05, 0) is 31.9 Å². The van der Waals surface area contributed by atoms with Gasteiger partial charge in [-0.25, -0.2) is 9.59 Å². The van der Waals surface area contributed by atoms with E-state index in [2.05, 4.69) is 10.6 Å². The van der Waals surface area contributed by atoms with E-state index in [-0.39, 0.29) is 26.1 Å². The number of amides is 3. The Morgan fingerprint density at radius 3 is 2.06 bits per heavy atom. The van der Waals surface area contributed by atoms with E-state index in [9.17, 15) is 24.3 Å². The van der Waals surface area contributed by atoms with Crippen molar-refractivity contribution < 1.29 is 33.8 Å². The number of aliphatic carboxylic acids is 1. The van der Waals surface area contributed by atoms with Crippen molar-refractivity contribution in [1.82, 2.24) is 15.5 Å². The zero-order valence-electron chi connectivity index (χ0n) is 20.7. The lowest BCUT2D eigenvalue weighted by Crippen LogP contribution is -2.53. The number of nitrogens with one attached hydrogen (secondary N) is 2. The van der Waals surface area contributed by atoms with Crippen molar-refractivity contribution in [3.05, 3.63) is 71.8 Å². The zero-order valence-corrected chi connectivity index (χ0v) is 20.7. The molecule has 3 amide bonds. The van der Waals surface area contributed by atoms with Gasteiger partial charge in [-0.1, -0.05) is 60.7 Å². The molecule has 0 aliphatic rings. The van der Waals surface area contributed by atoms with Crippen molar-refractivity contribution in [2.45, 2.75) is 45.4 Å². The van der Waals surface area contributed by atoms with Gasteiger partial charge >= 0.3 is 18.2 Å². The van der Waals surface area contributed by atoms with E-state index in [1.807, 2.05) is 36.4 Å². The number of nitrogens with zero attached hydrogens (tertiary/aromatic N) is 1. The van der Waals surface area contributed by atoms with Crippen LogP contribution >= 0.6 is 0 Å². The Hall–Kier alpha value is -4.08. The van der Waals surface area contributed by atoms with Crippen LogP contribution in [0.2, 0.25) is 0 Å². The van der Waals surface area contributed by atoms with Crippen LogP contribution in [0.3, 0.4) is 0 Å². The van der Waals surface area contributed by atoms with Gasteiger partial charge in [0.1, 0.15) is 24.8 Å². The van der Waals surface area contributed by atoms with Crippen molar-refractivity contribution in [3.8, 4) is 0 Å². The first-order chi connectivity index (χ1) is 17.0. The number of carbonyl (C=O) groups is 4. The van der Waals surface area contributed by atoms with Crippen LogP contribution in [0, 0.1) is 0 Å². The number of carboxylic acid groups (broad SMARTS) is 1. The minimum atomic E-state index is -1.23. The first-order valence-corrected chi connectivity index (χ1v) is 11.5. The van der Waals surface area contributed by atoms with Gasteiger partial charge in [-0.3, -0.25) is 9.59 Å². The first-order valence-electron chi connectivity index (χ1n) is 11.5. The maximum absolute atomic E-state index is 13.3. The Bertz CT molecular complexity index is 1010. The molecule has 0 saturated carbocycles. The number of rotatable bonds is 11. The predicted molar refractivity (Wildman–Crippen MR) is 132 cm³/mol. The van der Waals surface area contributed by atoms with Crippen LogP contribution in [-0.2, 0) is 32.1 Å². The molecule has 0 unspecified atom stereocenters. The average Bonchev–Trinajstić information content (AvgIpc) is 2.81. The second-order valence-corrected chi connectivity index (χ2v) is 9.03.